The van der Waals surface area contributed by atoms with Gasteiger partial charge in [0, 0.05) is 32.6 Å². The van der Waals surface area contributed by atoms with Gasteiger partial charge in [0.2, 0.25) is 5.91 Å². The average molecular weight is 262 g/mol. The average Bonchev–Trinajstić information content (AvgIpc) is 2.46. The fourth-order valence-electron chi connectivity index (χ4n) is 2.26. The molecule has 1 amide bonds. The number of carbonyl (C=O) groups excluding carboxylic acids is 1. The van der Waals surface area contributed by atoms with Gasteiger partial charge in [-0.1, -0.05) is 18.2 Å². The summed E-state index contributed by atoms with van der Waals surface area (Å²) in [5.74, 6) is -0.841. The first-order valence-corrected chi connectivity index (χ1v) is 6.48. The highest BCUT2D eigenvalue weighted by Crippen LogP contribution is 2.12. The Labute approximate surface area is 112 Å². The molecule has 1 fully saturated rings. The van der Waals surface area contributed by atoms with Crippen molar-refractivity contribution in [2.75, 3.05) is 26.2 Å². The third-order valence-corrected chi connectivity index (χ3v) is 3.33. The Hall–Kier alpha value is -1.88. The number of nitrogens with one attached hydrogen (secondary N) is 1. The fourth-order valence-corrected chi connectivity index (χ4v) is 2.26. The van der Waals surface area contributed by atoms with E-state index < -0.39 is 5.97 Å². The van der Waals surface area contributed by atoms with E-state index in [1.807, 2.05) is 4.90 Å². The van der Waals surface area contributed by atoms with E-state index in [2.05, 4.69) is 5.32 Å². The lowest BCUT2D eigenvalue weighted by Gasteiger charge is -2.27. The fraction of sp³-hybridized carbons (Fsp3) is 0.429. The van der Waals surface area contributed by atoms with Crippen molar-refractivity contribution in [2.45, 2.75) is 12.8 Å². The molecule has 0 saturated carbocycles. The van der Waals surface area contributed by atoms with Crippen LogP contribution in [0.1, 0.15) is 22.3 Å². The van der Waals surface area contributed by atoms with E-state index in [0.717, 1.165) is 31.7 Å². The molecular formula is C14H18N2O3. The maximum absolute atomic E-state index is 12.0. The van der Waals surface area contributed by atoms with E-state index in [9.17, 15) is 9.59 Å². The number of amides is 1. The van der Waals surface area contributed by atoms with Crippen LogP contribution in [0.25, 0.3) is 0 Å². The molecule has 2 rings (SSSR count). The minimum absolute atomic E-state index is 0.0988. The van der Waals surface area contributed by atoms with Gasteiger partial charge in [0.1, 0.15) is 0 Å². The molecular weight excluding hydrogens is 244 g/mol. The Morgan fingerprint density at radius 3 is 2.58 bits per heavy atom. The van der Waals surface area contributed by atoms with Gasteiger partial charge in [-0.15, -0.1) is 0 Å². The minimum atomic E-state index is -0.940. The number of hydrogen-bond donors (Lipinski definition) is 2. The number of carbonyl (C=O) groups is 2. The van der Waals surface area contributed by atoms with Crippen LogP contribution in [0.15, 0.2) is 24.3 Å². The smallest absolute Gasteiger partial charge is 0.335 e. The van der Waals surface area contributed by atoms with Crippen molar-refractivity contribution in [2.24, 2.45) is 0 Å². The molecule has 1 aliphatic rings. The topological polar surface area (TPSA) is 69.6 Å². The number of rotatable bonds is 4. The van der Waals surface area contributed by atoms with Crippen LogP contribution in [0.4, 0.5) is 0 Å². The Bertz CT molecular complexity index is 468. The summed E-state index contributed by atoms with van der Waals surface area (Å²) in [6, 6.07) is 6.85. The van der Waals surface area contributed by atoms with Gasteiger partial charge >= 0.3 is 5.97 Å². The van der Waals surface area contributed by atoms with Crippen LogP contribution in [0.3, 0.4) is 0 Å². The predicted molar refractivity (Wildman–Crippen MR) is 71.2 cm³/mol. The normalized spacial score (nSPS) is 15.3. The largest absolute Gasteiger partial charge is 0.478 e. The maximum Gasteiger partial charge on any atom is 0.335 e. The number of piperazine rings is 1. The minimum Gasteiger partial charge on any atom is -0.478 e. The van der Waals surface area contributed by atoms with Crippen molar-refractivity contribution in [1.82, 2.24) is 10.2 Å². The lowest BCUT2D eigenvalue weighted by atomic mass is 10.0. The summed E-state index contributed by atoms with van der Waals surface area (Å²) < 4.78 is 0. The number of benzene rings is 1. The summed E-state index contributed by atoms with van der Waals surface area (Å²) >= 11 is 0. The molecule has 0 bridgehead atoms. The lowest BCUT2D eigenvalue weighted by molar-refractivity contribution is -0.131. The Balaban J connectivity index is 1.94. The second-order valence-corrected chi connectivity index (χ2v) is 4.59. The zero-order valence-electron chi connectivity index (χ0n) is 10.8. The van der Waals surface area contributed by atoms with Crippen molar-refractivity contribution in [3.05, 3.63) is 35.4 Å². The summed E-state index contributed by atoms with van der Waals surface area (Å²) in [7, 11) is 0. The second-order valence-electron chi connectivity index (χ2n) is 4.59. The summed E-state index contributed by atoms with van der Waals surface area (Å²) in [6.07, 6.45) is 0.843. The number of carboxylic acid groups (broad SMARTS) is 1. The van der Waals surface area contributed by atoms with Crippen LogP contribution in [0, 0.1) is 0 Å². The van der Waals surface area contributed by atoms with E-state index in [1.54, 1.807) is 24.3 Å². The predicted octanol–water partition coefficient (Wildman–Crippen LogP) is 0.749. The summed E-state index contributed by atoms with van der Waals surface area (Å²) in [4.78, 5) is 24.9. The molecule has 19 heavy (non-hydrogen) atoms. The van der Waals surface area contributed by atoms with Gasteiger partial charge in [-0.05, 0) is 18.1 Å². The van der Waals surface area contributed by atoms with E-state index in [-0.39, 0.29) is 11.5 Å². The second kappa shape index (κ2) is 6.33. The third-order valence-electron chi connectivity index (χ3n) is 3.33. The Morgan fingerprint density at radius 1 is 1.21 bits per heavy atom. The first-order valence-electron chi connectivity index (χ1n) is 6.48. The van der Waals surface area contributed by atoms with Crippen LogP contribution >= 0.6 is 0 Å². The van der Waals surface area contributed by atoms with Crippen LogP contribution in [-0.2, 0) is 11.2 Å². The van der Waals surface area contributed by atoms with Crippen molar-refractivity contribution >= 4 is 11.9 Å². The van der Waals surface area contributed by atoms with E-state index in [0.29, 0.717) is 12.8 Å². The van der Waals surface area contributed by atoms with Gasteiger partial charge < -0.3 is 15.3 Å². The number of hydrogen-bond acceptors (Lipinski definition) is 3. The van der Waals surface area contributed by atoms with Gasteiger partial charge in [-0.2, -0.15) is 0 Å². The van der Waals surface area contributed by atoms with Crippen LogP contribution in [0.5, 0.6) is 0 Å². The van der Waals surface area contributed by atoms with Crippen LogP contribution in [-0.4, -0.2) is 48.1 Å². The molecule has 0 atom stereocenters. The molecule has 1 aromatic carbocycles. The molecule has 2 N–H and O–H groups in total. The summed E-state index contributed by atoms with van der Waals surface area (Å²) in [5, 5.41) is 12.3. The Morgan fingerprint density at radius 2 is 1.89 bits per heavy atom. The molecule has 1 aliphatic heterocycles. The molecule has 102 valence electrons. The van der Waals surface area contributed by atoms with Gasteiger partial charge in [-0.25, -0.2) is 4.79 Å². The third kappa shape index (κ3) is 3.54. The number of carboxylic acids is 1. The molecule has 0 radical (unpaired) electrons. The highest BCUT2D eigenvalue weighted by atomic mass is 16.4. The quantitative estimate of drug-likeness (QED) is 0.840. The molecule has 1 heterocycles. The standard InChI is InChI=1S/C14H18N2O3/c17-13(16-9-7-15-8-10-16)6-5-11-3-1-2-4-12(11)14(18)19/h1-4,15H,5-10H2,(H,18,19). The number of nitrogens with zero attached hydrogens (tertiary/aromatic N) is 1. The number of aryl methyl sites for hydroxylation is 1. The zero-order chi connectivity index (χ0) is 13.7. The highest BCUT2D eigenvalue weighted by molar-refractivity contribution is 5.89. The van der Waals surface area contributed by atoms with Gasteiger partial charge in [-0.3, -0.25) is 4.79 Å². The first-order chi connectivity index (χ1) is 9.18. The van der Waals surface area contributed by atoms with Crippen molar-refractivity contribution in [1.29, 1.82) is 0 Å². The first kappa shape index (κ1) is 13.5. The Kier molecular flexibility index (Phi) is 4.52. The molecule has 1 saturated heterocycles. The monoisotopic (exact) mass is 262 g/mol. The zero-order valence-corrected chi connectivity index (χ0v) is 10.8. The molecule has 0 aliphatic carbocycles. The summed E-state index contributed by atoms with van der Waals surface area (Å²) in [5.41, 5.74) is 1.01. The molecule has 5 heteroatoms. The number of aromatic carboxylic acids is 1. The van der Waals surface area contributed by atoms with E-state index >= 15 is 0 Å². The molecule has 0 aromatic heterocycles. The molecule has 5 nitrogen and oxygen atoms in total. The summed E-state index contributed by atoms with van der Waals surface area (Å²) in [6.45, 7) is 3.13. The molecule has 0 unspecified atom stereocenters. The van der Waals surface area contributed by atoms with Crippen molar-refractivity contribution in [3.8, 4) is 0 Å². The van der Waals surface area contributed by atoms with E-state index in [1.165, 1.54) is 0 Å². The van der Waals surface area contributed by atoms with Crippen LogP contribution < -0.4 is 5.32 Å². The lowest BCUT2D eigenvalue weighted by Crippen LogP contribution is -2.46. The SMILES string of the molecule is O=C(O)c1ccccc1CCC(=O)N1CCNCC1. The van der Waals surface area contributed by atoms with Crippen LogP contribution in [0.2, 0.25) is 0 Å². The maximum atomic E-state index is 12.0. The van der Waals surface area contributed by atoms with Gasteiger partial charge in [0.25, 0.3) is 0 Å². The molecule has 1 aromatic rings. The van der Waals surface area contributed by atoms with E-state index in [4.69, 9.17) is 5.11 Å². The highest BCUT2D eigenvalue weighted by Gasteiger charge is 2.17. The van der Waals surface area contributed by atoms with Crippen molar-refractivity contribution in [3.63, 3.8) is 0 Å². The molecule has 0 spiro atoms. The van der Waals surface area contributed by atoms with Gasteiger partial charge in [0.05, 0.1) is 5.56 Å². The van der Waals surface area contributed by atoms with Crippen molar-refractivity contribution < 1.29 is 14.7 Å². The van der Waals surface area contributed by atoms with Gasteiger partial charge in [0.15, 0.2) is 0 Å².